The second-order valence-electron chi connectivity index (χ2n) is 5.86. The monoisotopic (exact) mass is 279 g/mol. The molecule has 3 atom stereocenters. The van der Waals surface area contributed by atoms with Gasteiger partial charge in [0.15, 0.2) is 0 Å². The molecule has 1 aliphatic heterocycles. The van der Waals surface area contributed by atoms with Crippen LogP contribution in [-0.2, 0) is 11.2 Å². The second-order valence-corrected chi connectivity index (χ2v) is 5.86. The van der Waals surface area contributed by atoms with Crippen molar-refractivity contribution < 1.29 is 4.79 Å². The molecule has 3 rings (SSSR count). The molecule has 108 valence electrons. The highest BCUT2D eigenvalue weighted by atomic mass is 16.1. The minimum atomic E-state index is -0.0230. The van der Waals surface area contributed by atoms with Gasteiger partial charge in [0.2, 0.25) is 0 Å². The molecule has 0 radical (unpaired) electrons. The minimum Gasteiger partial charge on any atom is -0.307 e. The Labute approximate surface area is 126 Å². The third kappa shape index (κ3) is 3.40. The number of hydrogen-bond acceptors (Lipinski definition) is 2. The molecule has 1 fully saturated rings. The summed E-state index contributed by atoms with van der Waals surface area (Å²) in [5.41, 5.74) is 2.68. The molecule has 2 aromatic rings. The maximum atomic E-state index is 11.3. The lowest BCUT2D eigenvalue weighted by atomic mass is 9.79. The lowest BCUT2D eigenvalue weighted by Crippen LogP contribution is -2.46. The summed E-state index contributed by atoms with van der Waals surface area (Å²) in [6, 6.07) is 21.0. The van der Waals surface area contributed by atoms with Crippen LogP contribution in [0.4, 0.5) is 0 Å². The van der Waals surface area contributed by atoms with Crippen LogP contribution in [0, 0.1) is 5.92 Å². The molecular formula is C19H21NO. The number of carbonyl (C=O) groups excluding carboxylic acids is 1. The Morgan fingerprint density at radius 3 is 2.33 bits per heavy atom. The average Bonchev–Trinajstić information content (AvgIpc) is 2.56. The maximum Gasteiger partial charge on any atom is 0.137 e. The van der Waals surface area contributed by atoms with Crippen molar-refractivity contribution in [2.75, 3.05) is 6.54 Å². The molecule has 21 heavy (non-hydrogen) atoms. The molecule has 0 saturated carbocycles. The largest absolute Gasteiger partial charge is 0.307 e. The van der Waals surface area contributed by atoms with Gasteiger partial charge in [-0.3, -0.25) is 0 Å². The minimum absolute atomic E-state index is 0.0230. The highest BCUT2D eigenvalue weighted by Gasteiger charge is 2.30. The van der Waals surface area contributed by atoms with Crippen molar-refractivity contribution in [3.63, 3.8) is 0 Å². The smallest absolute Gasteiger partial charge is 0.137 e. The fourth-order valence-electron chi connectivity index (χ4n) is 3.31. The number of carbonyl (C=O) groups is 1. The van der Waals surface area contributed by atoms with E-state index in [4.69, 9.17) is 0 Å². The van der Waals surface area contributed by atoms with Gasteiger partial charge in [-0.1, -0.05) is 60.7 Å². The first-order chi connectivity index (χ1) is 10.4. The molecule has 0 aromatic heterocycles. The molecule has 1 aliphatic rings. The first kappa shape index (κ1) is 14.0. The summed E-state index contributed by atoms with van der Waals surface area (Å²) in [6.45, 7) is 0.888. The van der Waals surface area contributed by atoms with E-state index in [0.29, 0.717) is 11.8 Å². The van der Waals surface area contributed by atoms with Crippen molar-refractivity contribution in [3.05, 3.63) is 71.8 Å². The van der Waals surface area contributed by atoms with Crippen molar-refractivity contribution in [2.24, 2.45) is 5.92 Å². The number of benzene rings is 2. The lowest BCUT2D eigenvalue weighted by molar-refractivity contribution is -0.111. The fourth-order valence-corrected chi connectivity index (χ4v) is 3.31. The molecule has 2 aromatic carbocycles. The SMILES string of the molecule is O=CC1NCC(c2ccccc2)CC1Cc1ccccc1. The number of nitrogens with one attached hydrogen (secondary N) is 1. The Hall–Kier alpha value is -1.93. The standard InChI is InChI=1S/C19H21NO/c21-14-19-17(11-15-7-3-1-4-8-15)12-18(13-20-19)16-9-5-2-6-10-16/h1-10,14,17-20H,11-13H2. The van der Waals surface area contributed by atoms with Crippen LogP contribution in [0.25, 0.3) is 0 Å². The predicted molar refractivity (Wildman–Crippen MR) is 85.3 cm³/mol. The van der Waals surface area contributed by atoms with E-state index in [1.807, 2.05) is 6.07 Å². The Morgan fingerprint density at radius 1 is 1.00 bits per heavy atom. The van der Waals surface area contributed by atoms with Crippen LogP contribution < -0.4 is 5.32 Å². The van der Waals surface area contributed by atoms with Gasteiger partial charge in [-0.2, -0.15) is 0 Å². The van der Waals surface area contributed by atoms with Crippen molar-refractivity contribution in [1.29, 1.82) is 0 Å². The van der Waals surface area contributed by atoms with E-state index in [1.165, 1.54) is 11.1 Å². The van der Waals surface area contributed by atoms with E-state index < -0.39 is 0 Å². The van der Waals surface area contributed by atoms with Gasteiger partial charge < -0.3 is 10.1 Å². The molecule has 0 spiro atoms. The van der Waals surface area contributed by atoms with E-state index in [2.05, 4.69) is 59.9 Å². The first-order valence-electron chi connectivity index (χ1n) is 7.64. The molecule has 2 heteroatoms. The quantitative estimate of drug-likeness (QED) is 0.871. The van der Waals surface area contributed by atoms with Gasteiger partial charge in [0.1, 0.15) is 6.29 Å². The van der Waals surface area contributed by atoms with E-state index in [9.17, 15) is 4.79 Å². The van der Waals surface area contributed by atoms with Crippen LogP contribution in [0.5, 0.6) is 0 Å². The summed E-state index contributed by atoms with van der Waals surface area (Å²) in [6.07, 6.45) is 3.10. The van der Waals surface area contributed by atoms with Gasteiger partial charge >= 0.3 is 0 Å². The number of piperidine rings is 1. The normalized spacial score (nSPS) is 25.4. The lowest BCUT2D eigenvalue weighted by Gasteiger charge is -2.35. The van der Waals surface area contributed by atoms with E-state index in [1.54, 1.807) is 0 Å². The summed E-state index contributed by atoms with van der Waals surface area (Å²) in [5.74, 6) is 0.861. The van der Waals surface area contributed by atoms with Crippen molar-refractivity contribution in [2.45, 2.75) is 24.8 Å². The summed E-state index contributed by atoms with van der Waals surface area (Å²) >= 11 is 0. The van der Waals surface area contributed by atoms with E-state index in [-0.39, 0.29) is 6.04 Å². The second kappa shape index (κ2) is 6.68. The third-order valence-corrected chi connectivity index (χ3v) is 4.45. The molecule has 0 bridgehead atoms. The van der Waals surface area contributed by atoms with Gasteiger partial charge in [0, 0.05) is 6.54 Å². The van der Waals surface area contributed by atoms with Crippen LogP contribution in [0.2, 0.25) is 0 Å². The maximum absolute atomic E-state index is 11.3. The summed E-state index contributed by atoms with van der Waals surface area (Å²) in [4.78, 5) is 11.3. The Kier molecular flexibility index (Phi) is 4.46. The zero-order valence-electron chi connectivity index (χ0n) is 12.1. The molecule has 1 saturated heterocycles. The van der Waals surface area contributed by atoms with E-state index in [0.717, 1.165) is 25.7 Å². The fraction of sp³-hybridized carbons (Fsp3) is 0.316. The Balaban J connectivity index is 1.74. The zero-order valence-corrected chi connectivity index (χ0v) is 12.1. The predicted octanol–water partition coefficient (Wildman–Crippen LogP) is 3.19. The van der Waals surface area contributed by atoms with Gasteiger partial charge in [-0.25, -0.2) is 0 Å². The number of rotatable bonds is 4. The Bertz CT molecular complexity index is 567. The highest BCUT2D eigenvalue weighted by molar-refractivity contribution is 5.58. The summed E-state index contributed by atoms with van der Waals surface area (Å²) in [5, 5.41) is 3.42. The van der Waals surface area contributed by atoms with Crippen LogP contribution >= 0.6 is 0 Å². The number of hydrogen-bond donors (Lipinski definition) is 1. The highest BCUT2D eigenvalue weighted by Crippen LogP contribution is 2.30. The van der Waals surface area contributed by atoms with Gasteiger partial charge in [-0.05, 0) is 35.8 Å². The third-order valence-electron chi connectivity index (χ3n) is 4.45. The molecule has 2 nitrogen and oxygen atoms in total. The molecule has 1 heterocycles. The van der Waals surface area contributed by atoms with Crippen LogP contribution in [0.15, 0.2) is 60.7 Å². The van der Waals surface area contributed by atoms with Crippen LogP contribution in [0.3, 0.4) is 0 Å². The summed E-state index contributed by atoms with van der Waals surface area (Å²) < 4.78 is 0. The van der Waals surface area contributed by atoms with Gasteiger partial charge in [0.05, 0.1) is 6.04 Å². The molecule has 0 amide bonds. The van der Waals surface area contributed by atoms with E-state index >= 15 is 0 Å². The van der Waals surface area contributed by atoms with Crippen molar-refractivity contribution >= 4 is 6.29 Å². The molecule has 3 unspecified atom stereocenters. The van der Waals surface area contributed by atoms with Gasteiger partial charge in [0.25, 0.3) is 0 Å². The van der Waals surface area contributed by atoms with Crippen LogP contribution in [-0.4, -0.2) is 18.9 Å². The molecule has 1 N–H and O–H groups in total. The topological polar surface area (TPSA) is 29.1 Å². The Morgan fingerprint density at radius 2 is 1.67 bits per heavy atom. The van der Waals surface area contributed by atoms with Crippen LogP contribution in [0.1, 0.15) is 23.5 Å². The first-order valence-corrected chi connectivity index (χ1v) is 7.64. The zero-order chi connectivity index (χ0) is 14.5. The molecular weight excluding hydrogens is 258 g/mol. The summed E-state index contributed by atoms with van der Waals surface area (Å²) in [7, 11) is 0. The number of aldehydes is 1. The van der Waals surface area contributed by atoms with Crippen molar-refractivity contribution in [3.8, 4) is 0 Å². The average molecular weight is 279 g/mol. The van der Waals surface area contributed by atoms with Crippen molar-refractivity contribution in [1.82, 2.24) is 5.32 Å². The molecule has 0 aliphatic carbocycles. The van der Waals surface area contributed by atoms with Gasteiger partial charge in [-0.15, -0.1) is 0 Å².